The van der Waals surface area contributed by atoms with E-state index < -0.39 is 0 Å². The minimum absolute atomic E-state index is 0.107. The lowest BCUT2D eigenvalue weighted by Crippen LogP contribution is -2.25. The van der Waals surface area contributed by atoms with Crippen molar-refractivity contribution in [3.05, 3.63) is 29.3 Å². The van der Waals surface area contributed by atoms with Gasteiger partial charge in [-0.05, 0) is 49.8 Å². The van der Waals surface area contributed by atoms with Gasteiger partial charge in [-0.15, -0.1) is 0 Å². The summed E-state index contributed by atoms with van der Waals surface area (Å²) in [7, 11) is 0. The first-order chi connectivity index (χ1) is 10.2. The van der Waals surface area contributed by atoms with E-state index in [1.54, 1.807) is 0 Å². The van der Waals surface area contributed by atoms with Gasteiger partial charge in [0.05, 0.1) is 18.3 Å². The molecule has 2 nitrogen and oxygen atoms in total. The van der Waals surface area contributed by atoms with Crippen molar-refractivity contribution >= 4 is 0 Å². The maximum absolute atomic E-state index is 8.85. The van der Waals surface area contributed by atoms with Crippen LogP contribution >= 0.6 is 0 Å². The van der Waals surface area contributed by atoms with E-state index in [0.717, 1.165) is 30.1 Å². The highest BCUT2D eigenvalue weighted by atomic mass is 16.5. The summed E-state index contributed by atoms with van der Waals surface area (Å²) < 4.78 is 6.24. The van der Waals surface area contributed by atoms with Crippen LogP contribution in [0.15, 0.2) is 18.2 Å². The highest BCUT2D eigenvalue weighted by molar-refractivity contribution is 5.48. The Morgan fingerprint density at radius 2 is 2.19 bits per heavy atom. The molecule has 2 unspecified atom stereocenters. The lowest BCUT2D eigenvalue weighted by atomic mass is 9.85. The van der Waals surface area contributed by atoms with Gasteiger partial charge in [0.1, 0.15) is 5.75 Å². The van der Waals surface area contributed by atoms with Crippen LogP contribution in [-0.4, -0.2) is 17.8 Å². The molecule has 1 aliphatic carbocycles. The molecule has 2 rings (SSSR count). The third kappa shape index (κ3) is 4.79. The molecule has 114 valence electrons. The zero-order valence-electron chi connectivity index (χ0n) is 13.2. The van der Waals surface area contributed by atoms with Crippen molar-refractivity contribution in [3.63, 3.8) is 0 Å². The number of aryl methyl sites for hydroxylation is 1. The van der Waals surface area contributed by atoms with Crippen molar-refractivity contribution < 1.29 is 9.84 Å². The van der Waals surface area contributed by atoms with Crippen molar-refractivity contribution in [2.24, 2.45) is 5.92 Å². The van der Waals surface area contributed by atoms with E-state index in [2.05, 4.69) is 37.8 Å². The molecule has 0 aliphatic heterocycles. The first-order valence-electron chi connectivity index (χ1n) is 8.10. The Kier molecular flexibility index (Phi) is 6.14. The van der Waals surface area contributed by atoms with Crippen molar-refractivity contribution in [1.29, 1.82) is 0 Å². The Balaban J connectivity index is 2.10. The first-order valence-corrected chi connectivity index (χ1v) is 8.10. The third-order valence-corrected chi connectivity index (χ3v) is 4.20. The highest BCUT2D eigenvalue weighted by Gasteiger charge is 2.22. The summed E-state index contributed by atoms with van der Waals surface area (Å²) in [5.74, 6) is 7.83. The Bertz CT molecular complexity index is 510. The fraction of sp³-hybridized carbons (Fsp3) is 0.579. The second kappa shape index (κ2) is 8.10. The normalized spacial score (nSPS) is 21.5. The van der Waals surface area contributed by atoms with Crippen LogP contribution in [0, 0.1) is 24.7 Å². The number of ether oxygens (including phenoxy) is 1. The molecule has 1 fully saturated rings. The van der Waals surface area contributed by atoms with Gasteiger partial charge in [-0.2, -0.15) is 0 Å². The molecule has 0 amide bonds. The third-order valence-electron chi connectivity index (χ3n) is 4.20. The number of rotatable bonds is 4. The van der Waals surface area contributed by atoms with Gasteiger partial charge in [0.2, 0.25) is 0 Å². The number of hydrogen-bond acceptors (Lipinski definition) is 2. The van der Waals surface area contributed by atoms with Gasteiger partial charge in [-0.3, -0.25) is 0 Å². The second-order valence-electron chi connectivity index (χ2n) is 5.96. The van der Waals surface area contributed by atoms with Crippen LogP contribution in [0.4, 0.5) is 0 Å². The van der Waals surface area contributed by atoms with Crippen LogP contribution in [0.2, 0.25) is 0 Å². The predicted octanol–water partition coefficient (Wildman–Crippen LogP) is 4.08. The van der Waals surface area contributed by atoms with Gasteiger partial charge in [-0.25, -0.2) is 0 Å². The molecule has 2 heteroatoms. The minimum atomic E-state index is 0.107. The topological polar surface area (TPSA) is 29.5 Å². The maximum Gasteiger partial charge on any atom is 0.135 e. The average molecular weight is 286 g/mol. The Hall–Kier alpha value is -1.46. The number of aliphatic hydroxyl groups is 1. The summed E-state index contributed by atoms with van der Waals surface area (Å²) in [5.41, 5.74) is 2.13. The summed E-state index contributed by atoms with van der Waals surface area (Å²) in [6.07, 6.45) is 6.99. The van der Waals surface area contributed by atoms with E-state index in [9.17, 15) is 0 Å². The molecule has 1 aromatic carbocycles. The van der Waals surface area contributed by atoms with Gasteiger partial charge < -0.3 is 9.84 Å². The van der Waals surface area contributed by atoms with Crippen molar-refractivity contribution in [2.45, 2.75) is 58.5 Å². The smallest absolute Gasteiger partial charge is 0.135 e. The van der Waals surface area contributed by atoms with Crippen molar-refractivity contribution in [3.8, 4) is 17.6 Å². The Morgan fingerprint density at radius 3 is 2.95 bits per heavy atom. The molecule has 0 aromatic heterocycles. The molecule has 0 radical (unpaired) electrons. The summed E-state index contributed by atoms with van der Waals surface area (Å²) in [6.45, 7) is 4.44. The van der Waals surface area contributed by atoms with Gasteiger partial charge >= 0.3 is 0 Å². The van der Waals surface area contributed by atoms with Crippen LogP contribution in [0.25, 0.3) is 0 Å². The van der Waals surface area contributed by atoms with Crippen LogP contribution in [0.5, 0.6) is 5.75 Å². The summed E-state index contributed by atoms with van der Waals surface area (Å²) in [6, 6.07) is 6.18. The molecule has 1 aromatic rings. The molecule has 1 saturated carbocycles. The molecular formula is C19H26O2. The number of aliphatic hydroxyl groups excluding tert-OH is 1. The zero-order valence-corrected chi connectivity index (χ0v) is 13.2. The van der Waals surface area contributed by atoms with Crippen LogP contribution < -0.4 is 4.74 Å². The van der Waals surface area contributed by atoms with E-state index in [1.165, 1.54) is 24.8 Å². The molecular weight excluding hydrogens is 260 g/mol. The fourth-order valence-corrected chi connectivity index (χ4v) is 2.96. The second-order valence-corrected chi connectivity index (χ2v) is 5.96. The summed E-state index contributed by atoms with van der Waals surface area (Å²) >= 11 is 0. The number of benzene rings is 1. The summed E-state index contributed by atoms with van der Waals surface area (Å²) in [4.78, 5) is 0. The zero-order chi connectivity index (χ0) is 15.1. The van der Waals surface area contributed by atoms with Crippen molar-refractivity contribution in [1.82, 2.24) is 0 Å². The summed E-state index contributed by atoms with van der Waals surface area (Å²) in [5, 5.41) is 8.85. The molecule has 0 spiro atoms. The highest BCUT2D eigenvalue weighted by Crippen LogP contribution is 2.31. The van der Waals surface area contributed by atoms with Crippen LogP contribution in [-0.2, 0) is 0 Å². The minimum Gasteiger partial charge on any atom is -0.489 e. The molecule has 0 bridgehead atoms. The SMILES string of the molecule is CCC1CCCC(Oc2ccc(C)cc2C#CCCO)C1. The van der Waals surface area contributed by atoms with E-state index >= 15 is 0 Å². The first kappa shape index (κ1) is 15.9. The van der Waals surface area contributed by atoms with E-state index in [0.29, 0.717) is 12.5 Å². The monoisotopic (exact) mass is 286 g/mol. The Morgan fingerprint density at radius 1 is 1.33 bits per heavy atom. The van der Waals surface area contributed by atoms with Gasteiger partial charge in [0.25, 0.3) is 0 Å². The fourth-order valence-electron chi connectivity index (χ4n) is 2.96. The van der Waals surface area contributed by atoms with Crippen LogP contribution in [0.3, 0.4) is 0 Å². The number of hydrogen-bond donors (Lipinski definition) is 1. The molecule has 2 atom stereocenters. The standard InChI is InChI=1S/C19H26O2/c1-3-16-7-6-9-18(14-16)21-19-11-10-15(2)13-17(19)8-4-5-12-20/h10-11,13,16,18,20H,3,5-7,9,12,14H2,1-2H3. The van der Waals surface area contributed by atoms with E-state index in [4.69, 9.17) is 9.84 Å². The maximum atomic E-state index is 8.85. The Labute approximate surface area is 128 Å². The van der Waals surface area contributed by atoms with Gasteiger partial charge in [-0.1, -0.05) is 37.7 Å². The van der Waals surface area contributed by atoms with E-state index in [-0.39, 0.29) is 6.61 Å². The molecule has 0 saturated heterocycles. The quantitative estimate of drug-likeness (QED) is 0.845. The molecule has 1 aliphatic rings. The molecule has 0 heterocycles. The molecule has 1 N–H and O–H groups in total. The lowest BCUT2D eigenvalue weighted by molar-refractivity contribution is 0.122. The average Bonchev–Trinajstić information content (AvgIpc) is 2.50. The largest absolute Gasteiger partial charge is 0.489 e. The van der Waals surface area contributed by atoms with E-state index in [1.807, 2.05) is 6.07 Å². The van der Waals surface area contributed by atoms with Gasteiger partial charge in [0, 0.05) is 6.42 Å². The van der Waals surface area contributed by atoms with Crippen LogP contribution in [0.1, 0.15) is 56.6 Å². The van der Waals surface area contributed by atoms with Crippen molar-refractivity contribution in [2.75, 3.05) is 6.61 Å². The molecule has 21 heavy (non-hydrogen) atoms. The predicted molar refractivity (Wildman–Crippen MR) is 86.4 cm³/mol. The van der Waals surface area contributed by atoms with Gasteiger partial charge in [0.15, 0.2) is 0 Å². The lowest BCUT2D eigenvalue weighted by Gasteiger charge is -2.29.